The summed E-state index contributed by atoms with van der Waals surface area (Å²) in [7, 11) is -0.494. The van der Waals surface area contributed by atoms with Crippen LogP contribution in [-0.2, 0) is 15.1 Å². The Labute approximate surface area is 227 Å². The van der Waals surface area contributed by atoms with Gasteiger partial charge in [-0.05, 0) is 77.0 Å². The van der Waals surface area contributed by atoms with Crippen LogP contribution in [0.1, 0.15) is 18.9 Å². The van der Waals surface area contributed by atoms with E-state index in [4.69, 9.17) is 9.47 Å². The zero-order valence-corrected chi connectivity index (χ0v) is 24.2. The number of halogens is 1. The Morgan fingerprint density at radius 2 is 1.78 bits per heavy atom. The van der Waals surface area contributed by atoms with Crippen LogP contribution in [0.4, 0.5) is 11.4 Å². The van der Waals surface area contributed by atoms with Crippen molar-refractivity contribution >= 4 is 53.1 Å². The van der Waals surface area contributed by atoms with Crippen molar-refractivity contribution in [1.29, 1.82) is 0 Å². The van der Waals surface area contributed by atoms with Gasteiger partial charge in [0.2, 0.25) is 0 Å². The number of nitrogens with zero attached hydrogens (tertiary/aromatic N) is 1. The minimum absolute atomic E-state index is 0.0207. The van der Waals surface area contributed by atoms with Gasteiger partial charge in [-0.1, -0.05) is 55.5 Å². The molecule has 5 rings (SSSR count). The summed E-state index contributed by atoms with van der Waals surface area (Å²) in [4.78, 5) is 16.3. The van der Waals surface area contributed by atoms with Gasteiger partial charge in [-0.2, -0.15) is 0 Å². The van der Waals surface area contributed by atoms with Crippen molar-refractivity contribution in [2.75, 3.05) is 18.6 Å². The van der Waals surface area contributed by atoms with Gasteiger partial charge in [-0.3, -0.25) is 9.69 Å². The summed E-state index contributed by atoms with van der Waals surface area (Å²) in [6, 6.07) is 24.3. The zero-order chi connectivity index (χ0) is 25.7. The number of carbonyl (C=O) groups is 1. The topological polar surface area (TPSA) is 59.0 Å². The highest BCUT2D eigenvalue weighted by atomic mass is 127. The van der Waals surface area contributed by atoms with Crippen molar-refractivity contribution in [3.8, 4) is 5.75 Å². The van der Waals surface area contributed by atoms with E-state index >= 15 is 0 Å². The Hall–Kier alpha value is -2.20. The van der Waals surface area contributed by atoms with E-state index in [2.05, 4.69) is 60.8 Å². The normalized spacial score (nSPS) is 25.4. The highest BCUT2D eigenvalue weighted by Crippen LogP contribution is 2.61. The number of hydrogen-bond acceptors (Lipinski definition) is 4. The molecule has 2 heterocycles. The molecule has 1 amide bonds. The first-order chi connectivity index (χ1) is 17.3. The molecule has 3 aromatic rings. The fraction of sp³-hybridized carbons (Fsp3) is 0.345. The molecular weight excluding hydrogens is 581 g/mol. The van der Waals surface area contributed by atoms with Gasteiger partial charge in [-0.15, -0.1) is 0 Å². The number of ether oxygens (including phenoxy) is 2. The molecule has 0 saturated carbocycles. The second-order valence-corrected chi connectivity index (χ2v) is 16.2. The van der Waals surface area contributed by atoms with Gasteiger partial charge >= 0.3 is 0 Å². The quantitative estimate of drug-likeness (QED) is 0.292. The molecule has 0 bridgehead atoms. The van der Waals surface area contributed by atoms with Crippen molar-refractivity contribution < 1.29 is 19.4 Å². The second-order valence-electron chi connectivity index (χ2n) is 10.3. The lowest BCUT2D eigenvalue weighted by Crippen LogP contribution is -2.51. The fourth-order valence-corrected chi connectivity index (χ4v) is 11.0. The van der Waals surface area contributed by atoms with Crippen molar-refractivity contribution in [3.63, 3.8) is 0 Å². The maximum absolute atomic E-state index is 14.5. The maximum atomic E-state index is 14.5. The number of aliphatic hydroxyl groups is 1. The smallest absolute Gasteiger partial charge is 0.268 e. The van der Waals surface area contributed by atoms with Crippen LogP contribution < -0.4 is 14.8 Å². The molecule has 1 saturated heterocycles. The molecule has 188 valence electrons. The standard InChI is InChI=1S/C29H32INO4Si/c1-19-27(36(3,4)23-13-11-22(34-2)12-14-23)26(16-17-32)35-29(19)24-18-20(30)10-15-25(24)31(28(29)33)21-8-6-5-7-9-21/h5-15,18-19,26-27,32H,16-17H2,1-4H3/t19-,26+,27-,29+/m0/s1. The molecule has 2 aliphatic heterocycles. The summed E-state index contributed by atoms with van der Waals surface area (Å²) in [6.07, 6.45) is 0.278. The summed E-state index contributed by atoms with van der Waals surface area (Å²) in [5, 5.41) is 11.3. The number of hydrogen-bond donors (Lipinski definition) is 1. The Morgan fingerprint density at radius 1 is 1.08 bits per heavy atom. The molecule has 5 nitrogen and oxygen atoms in total. The molecular formula is C29H32INO4Si. The van der Waals surface area contributed by atoms with Crippen LogP contribution in [0, 0.1) is 9.49 Å². The number of aliphatic hydroxyl groups excluding tert-OH is 1. The highest BCUT2D eigenvalue weighted by Gasteiger charge is 2.66. The Balaban J connectivity index is 1.65. The maximum Gasteiger partial charge on any atom is 0.268 e. The second kappa shape index (κ2) is 9.59. The van der Waals surface area contributed by atoms with Crippen LogP contribution in [0.25, 0.3) is 0 Å². The molecule has 0 aromatic heterocycles. The van der Waals surface area contributed by atoms with Crippen LogP contribution in [0.2, 0.25) is 18.6 Å². The Bertz CT molecular complexity index is 1270. The van der Waals surface area contributed by atoms with Crippen molar-refractivity contribution in [2.45, 2.75) is 43.7 Å². The number of anilines is 2. The molecule has 1 spiro atoms. The van der Waals surface area contributed by atoms with Crippen molar-refractivity contribution in [1.82, 2.24) is 0 Å². The minimum Gasteiger partial charge on any atom is -0.497 e. The van der Waals surface area contributed by atoms with E-state index < -0.39 is 13.7 Å². The summed E-state index contributed by atoms with van der Waals surface area (Å²) >= 11 is 2.31. The number of benzene rings is 3. The summed E-state index contributed by atoms with van der Waals surface area (Å²) < 4.78 is 13.4. The molecule has 0 radical (unpaired) electrons. The number of fused-ring (bicyclic) bond motifs is 2. The van der Waals surface area contributed by atoms with E-state index in [1.807, 2.05) is 59.5 Å². The molecule has 0 unspecified atom stereocenters. The van der Waals surface area contributed by atoms with E-state index in [1.165, 1.54) is 5.19 Å². The molecule has 1 fully saturated rings. The molecule has 1 N–H and O–H groups in total. The third kappa shape index (κ3) is 3.82. The Kier molecular flexibility index (Phi) is 6.78. The lowest BCUT2D eigenvalue weighted by Gasteiger charge is -2.37. The van der Waals surface area contributed by atoms with E-state index in [0.717, 1.165) is 26.3 Å². The van der Waals surface area contributed by atoms with Crippen LogP contribution in [0.15, 0.2) is 72.8 Å². The van der Waals surface area contributed by atoms with Gasteiger partial charge in [0.05, 0.1) is 27.0 Å². The lowest BCUT2D eigenvalue weighted by atomic mass is 9.82. The van der Waals surface area contributed by atoms with Gasteiger partial charge in [0.15, 0.2) is 5.60 Å². The first-order valence-electron chi connectivity index (χ1n) is 12.4. The van der Waals surface area contributed by atoms with Crippen molar-refractivity contribution in [3.05, 3.63) is 81.9 Å². The molecule has 7 heteroatoms. The van der Waals surface area contributed by atoms with Gasteiger partial charge in [0.1, 0.15) is 5.75 Å². The molecule has 4 atom stereocenters. The van der Waals surface area contributed by atoms with Gasteiger partial charge in [0.25, 0.3) is 5.91 Å². The first kappa shape index (κ1) is 25.4. The first-order valence-corrected chi connectivity index (χ1v) is 16.5. The largest absolute Gasteiger partial charge is 0.497 e. The van der Waals surface area contributed by atoms with Crippen LogP contribution >= 0.6 is 22.6 Å². The number of rotatable bonds is 6. The number of para-hydroxylation sites is 1. The van der Waals surface area contributed by atoms with E-state index in [1.54, 1.807) is 7.11 Å². The average Bonchev–Trinajstić information content (AvgIpc) is 3.31. The predicted octanol–water partition coefficient (Wildman–Crippen LogP) is 5.58. The summed E-state index contributed by atoms with van der Waals surface area (Å²) in [6.45, 7) is 6.91. The third-order valence-electron chi connectivity index (χ3n) is 8.13. The molecule has 3 aromatic carbocycles. The Morgan fingerprint density at radius 3 is 2.42 bits per heavy atom. The third-order valence-corrected chi connectivity index (χ3v) is 13.2. The van der Waals surface area contributed by atoms with Gasteiger partial charge in [-0.25, -0.2) is 0 Å². The van der Waals surface area contributed by atoms with E-state index in [9.17, 15) is 9.90 Å². The van der Waals surface area contributed by atoms with Gasteiger partial charge < -0.3 is 14.6 Å². The van der Waals surface area contributed by atoms with Gasteiger partial charge in [0, 0.05) is 27.3 Å². The monoisotopic (exact) mass is 613 g/mol. The number of amides is 1. The highest BCUT2D eigenvalue weighted by molar-refractivity contribution is 14.1. The minimum atomic E-state index is -2.17. The molecule has 36 heavy (non-hydrogen) atoms. The summed E-state index contributed by atoms with van der Waals surface area (Å²) in [5.74, 6) is 0.717. The number of carbonyl (C=O) groups excluding carboxylic acids is 1. The lowest BCUT2D eigenvalue weighted by molar-refractivity contribution is -0.145. The van der Waals surface area contributed by atoms with Crippen LogP contribution in [0.3, 0.4) is 0 Å². The molecule has 2 aliphatic rings. The van der Waals surface area contributed by atoms with E-state index in [0.29, 0.717) is 6.42 Å². The van der Waals surface area contributed by atoms with Crippen LogP contribution in [0.5, 0.6) is 5.75 Å². The van der Waals surface area contributed by atoms with E-state index in [-0.39, 0.29) is 30.1 Å². The van der Waals surface area contributed by atoms with Crippen molar-refractivity contribution in [2.24, 2.45) is 5.92 Å². The predicted molar refractivity (Wildman–Crippen MR) is 154 cm³/mol. The molecule has 0 aliphatic carbocycles. The fourth-order valence-electron chi connectivity index (χ4n) is 6.44. The van der Waals surface area contributed by atoms with Crippen LogP contribution in [-0.4, -0.2) is 38.9 Å². The number of methoxy groups -OCH3 is 1. The zero-order valence-electron chi connectivity index (χ0n) is 21.1. The average molecular weight is 614 g/mol. The summed E-state index contributed by atoms with van der Waals surface area (Å²) in [5.41, 5.74) is 1.69. The SMILES string of the molecule is COc1ccc([Si](C)(C)[C@@H]2[C@@H](CCO)O[C@]3(C(=O)N(c4ccccc4)c4ccc(I)cc43)[C@H]2C)cc1.